The van der Waals surface area contributed by atoms with E-state index in [0.29, 0.717) is 0 Å². The first kappa shape index (κ1) is 22.0. The molecule has 1 aromatic carbocycles. The smallest absolute Gasteiger partial charge is 0.466 e. The van der Waals surface area contributed by atoms with Crippen molar-refractivity contribution >= 4 is 19.3 Å². The molecule has 118 valence electrons. The molecule has 0 aromatic heterocycles. The molecule has 0 nitrogen and oxygen atoms in total. The third-order valence-electron chi connectivity index (χ3n) is 3.82. The van der Waals surface area contributed by atoms with Crippen LogP contribution in [0.5, 0.6) is 0 Å². The van der Waals surface area contributed by atoms with Crippen molar-refractivity contribution in [2.45, 2.75) is 85.5 Å². The monoisotopic (exact) mass is 310 g/mol. The van der Waals surface area contributed by atoms with E-state index >= 15 is 0 Å². The number of hydrogen-bond acceptors (Lipinski definition) is 0. The van der Waals surface area contributed by atoms with Crippen molar-refractivity contribution in [3.05, 3.63) is 28.8 Å². The molecule has 1 rings (SSSR count). The van der Waals surface area contributed by atoms with Crippen LogP contribution in [0.1, 0.15) is 85.9 Å². The fraction of sp³-hybridized carbons (Fsp3) is 0.650. The van der Waals surface area contributed by atoms with E-state index in [4.69, 9.17) is 0 Å². The molecule has 0 radical (unpaired) electrons. The maximum Gasteiger partial charge on any atom is 1.00 e. The first-order chi connectivity index (χ1) is 9.28. The van der Waals surface area contributed by atoms with Crippen LogP contribution < -0.4 is 24.2 Å². The normalized spacial score (nSPS) is 13.4. The van der Waals surface area contributed by atoms with Gasteiger partial charge < -0.3 is 5.80 Å². The molecule has 0 bridgehead atoms. The maximum atomic E-state index is 3.34. The van der Waals surface area contributed by atoms with Crippen molar-refractivity contribution < 1.29 is 18.9 Å². The first-order valence-electron chi connectivity index (χ1n) is 7.85. The predicted molar refractivity (Wildman–Crippen MR) is 99.8 cm³/mol. The van der Waals surface area contributed by atoms with E-state index in [9.17, 15) is 0 Å². The van der Waals surface area contributed by atoms with Gasteiger partial charge in [-0.05, 0) is 38.2 Å². The Morgan fingerprint density at radius 2 is 1.09 bits per heavy atom. The molecule has 0 fully saturated rings. The molecule has 0 N–H and O–H groups in total. The van der Waals surface area contributed by atoms with Gasteiger partial charge in [0.15, 0.2) is 0 Å². The van der Waals surface area contributed by atoms with E-state index < -0.39 is 0 Å². The minimum Gasteiger partial charge on any atom is -0.466 e. The Bertz CT molecular complexity index is 499. The van der Waals surface area contributed by atoms with Crippen LogP contribution in [-0.4, -0.2) is 5.80 Å². The van der Waals surface area contributed by atoms with Crippen LogP contribution in [0.4, 0.5) is 0 Å². The Labute approximate surface area is 152 Å². The summed E-state index contributed by atoms with van der Waals surface area (Å²) in [5, 5.41) is 1.45. The van der Waals surface area contributed by atoms with Crippen molar-refractivity contribution in [3.8, 4) is 0 Å². The largest absolute Gasteiger partial charge is 1.00 e. The average molecular weight is 310 g/mol. The molecule has 0 amide bonds. The van der Waals surface area contributed by atoms with Crippen molar-refractivity contribution in [2.75, 3.05) is 0 Å². The Balaban J connectivity index is 0.00000441. The van der Waals surface area contributed by atoms with Gasteiger partial charge in [-0.2, -0.15) is 6.92 Å². The summed E-state index contributed by atoms with van der Waals surface area (Å²) in [5.74, 6) is 3.34. The molecule has 1 aromatic rings. The molecule has 0 aliphatic carbocycles. The van der Waals surface area contributed by atoms with Gasteiger partial charge in [0.05, 0.1) is 0 Å². The van der Waals surface area contributed by atoms with Gasteiger partial charge in [0.2, 0.25) is 0 Å². The second-order valence-electron chi connectivity index (χ2n) is 9.01. The zero-order chi connectivity index (χ0) is 16.6. The van der Waals surface area contributed by atoms with Crippen LogP contribution in [0.3, 0.4) is 0 Å². The van der Waals surface area contributed by atoms with Crippen molar-refractivity contribution in [1.29, 1.82) is 0 Å². The molecule has 0 aliphatic heterocycles. The number of rotatable bonds is 1. The van der Waals surface area contributed by atoms with Crippen molar-refractivity contribution in [1.82, 2.24) is 0 Å². The van der Waals surface area contributed by atoms with E-state index in [-0.39, 0.29) is 35.1 Å². The second-order valence-corrected chi connectivity index (χ2v) is 10.1. The van der Waals surface area contributed by atoms with E-state index in [0.717, 1.165) is 0 Å². The van der Waals surface area contributed by atoms with E-state index in [2.05, 4.69) is 80.2 Å². The van der Waals surface area contributed by atoms with Crippen LogP contribution in [0.2, 0.25) is 0 Å². The summed E-state index contributed by atoms with van der Waals surface area (Å²) < 4.78 is 0. The summed E-state index contributed by atoms with van der Waals surface area (Å²) in [7, 11) is 1.21. The van der Waals surface area contributed by atoms with Gasteiger partial charge in [-0.3, -0.25) is 8.20 Å². The fourth-order valence-corrected chi connectivity index (χ4v) is 3.71. The Kier molecular flexibility index (Phi) is 7.25. The molecule has 0 unspecified atom stereocenters. The second kappa shape index (κ2) is 7.26. The zero-order valence-electron chi connectivity index (χ0n) is 16.6. The molecule has 2 heteroatoms. The number of benzene rings is 1. The maximum absolute atomic E-state index is 3.34. The SMILES string of the molecule is C[C-]=Pc1c(C(C)(C)C)cc(C(C)(C)C)cc1C(C)(C)C.[Li+]. The Hall–Kier alpha value is -0.0126. The predicted octanol–water partition coefficient (Wildman–Crippen LogP) is 2.85. The topological polar surface area (TPSA) is 0 Å². The molecule has 22 heavy (non-hydrogen) atoms. The molecular weight excluding hydrogens is 278 g/mol. The van der Waals surface area contributed by atoms with Gasteiger partial charge in [0, 0.05) is 0 Å². The quantitative estimate of drug-likeness (QED) is 0.425. The van der Waals surface area contributed by atoms with Crippen LogP contribution >= 0.6 is 8.20 Å². The summed E-state index contributed by atoms with van der Waals surface area (Å²) in [6.07, 6.45) is 0. The van der Waals surface area contributed by atoms with E-state index in [1.165, 1.54) is 30.2 Å². The molecule has 0 spiro atoms. The number of hydrogen-bond donors (Lipinski definition) is 0. The van der Waals surface area contributed by atoms with Gasteiger partial charge in [-0.25, -0.2) is 0 Å². The fourth-order valence-electron chi connectivity index (χ4n) is 2.44. The van der Waals surface area contributed by atoms with Gasteiger partial charge in [-0.15, -0.1) is 0 Å². The summed E-state index contributed by atoms with van der Waals surface area (Å²) >= 11 is 0. The van der Waals surface area contributed by atoms with Crippen LogP contribution in [0, 0.1) is 0 Å². The summed E-state index contributed by atoms with van der Waals surface area (Å²) in [6.45, 7) is 22.8. The summed E-state index contributed by atoms with van der Waals surface area (Å²) in [5.41, 5.74) is 4.86. The van der Waals surface area contributed by atoms with Crippen LogP contribution in [0.25, 0.3) is 0 Å². The third kappa shape index (κ3) is 5.27. The molecule has 0 saturated heterocycles. The minimum atomic E-state index is 0. The van der Waals surface area contributed by atoms with E-state index in [1.54, 1.807) is 0 Å². The van der Waals surface area contributed by atoms with Gasteiger partial charge in [0.25, 0.3) is 0 Å². The van der Waals surface area contributed by atoms with Crippen molar-refractivity contribution in [2.24, 2.45) is 0 Å². The molecule has 0 saturated carbocycles. The van der Waals surface area contributed by atoms with Crippen LogP contribution in [-0.2, 0) is 16.2 Å². The Morgan fingerprint density at radius 3 is 1.32 bits per heavy atom. The third-order valence-corrected chi connectivity index (χ3v) is 4.74. The summed E-state index contributed by atoms with van der Waals surface area (Å²) in [6, 6.07) is 4.85. The van der Waals surface area contributed by atoms with Gasteiger partial charge in [0.1, 0.15) is 0 Å². The molecule has 0 aliphatic rings. The zero-order valence-corrected chi connectivity index (χ0v) is 17.5. The van der Waals surface area contributed by atoms with Crippen LogP contribution in [0.15, 0.2) is 12.1 Å². The molecule has 0 heterocycles. The van der Waals surface area contributed by atoms with E-state index in [1.807, 2.05) is 6.92 Å². The summed E-state index contributed by atoms with van der Waals surface area (Å²) in [4.78, 5) is 0. The first-order valence-corrected chi connectivity index (χ1v) is 8.75. The van der Waals surface area contributed by atoms with Crippen molar-refractivity contribution in [3.63, 3.8) is 0 Å². The standard InChI is InChI=1S/C20H32P.Li/c1-11-21-17-15(19(5,6)7)12-14(18(2,3)4)13-16(17)20(8,9)10;/h12-13H,1-10H3;/q-1;+1. The Morgan fingerprint density at radius 1 is 0.727 bits per heavy atom. The van der Waals surface area contributed by atoms with Gasteiger partial charge in [-0.1, -0.05) is 74.4 Å². The average Bonchev–Trinajstić information content (AvgIpc) is 2.24. The molecular formula is C20H32LiP. The molecule has 0 atom stereocenters. The minimum absolute atomic E-state index is 0. The van der Waals surface area contributed by atoms with Gasteiger partial charge >= 0.3 is 18.9 Å².